The minimum absolute atomic E-state index is 0.0158. The highest BCUT2D eigenvalue weighted by Crippen LogP contribution is 2.24. The molecule has 1 unspecified atom stereocenters. The Morgan fingerprint density at radius 2 is 1.50 bits per heavy atom. The van der Waals surface area contributed by atoms with Crippen LogP contribution in [0.15, 0.2) is 54.6 Å². The summed E-state index contributed by atoms with van der Waals surface area (Å²) in [5.41, 5.74) is 2.24. The zero-order valence-corrected chi connectivity index (χ0v) is 24.2. The van der Waals surface area contributed by atoms with Gasteiger partial charge in [-0.05, 0) is 54.9 Å². The topological polar surface area (TPSA) is 78.5 Å². The molecule has 0 bridgehead atoms. The SMILES string of the molecule is CCCN(CCC)C(=O)c1cccc(C(=O)NC[C@H](CC(C)C(=O)NCCC(C)(C)C)c2ccccc2)c1. The molecule has 0 aliphatic carbocycles. The first-order valence-corrected chi connectivity index (χ1v) is 14.1. The fourth-order valence-electron chi connectivity index (χ4n) is 4.48. The molecule has 6 nitrogen and oxygen atoms in total. The van der Waals surface area contributed by atoms with Crippen molar-refractivity contribution in [2.24, 2.45) is 11.3 Å². The van der Waals surface area contributed by atoms with E-state index >= 15 is 0 Å². The summed E-state index contributed by atoms with van der Waals surface area (Å²) in [4.78, 5) is 40.8. The van der Waals surface area contributed by atoms with E-state index in [0.717, 1.165) is 24.8 Å². The van der Waals surface area contributed by atoms with E-state index in [1.54, 1.807) is 24.3 Å². The predicted octanol–water partition coefficient (Wildman–Crippen LogP) is 6.04. The second-order valence-corrected chi connectivity index (χ2v) is 11.4. The lowest BCUT2D eigenvalue weighted by atomic mass is 9.88. The minimum atomic E-state index is -0.222. The molecule has 0 aromatic heterocycles. The zero-order chi connectivity index (χ0) is 28.1. The number of benzene rings is 2. The molecule has 6 heteroatoms. The lowest BCUT2D eigenvalue weighted by molar-refractivity contribution is -0.124. The lowest BCUT2D eigenvalue weighted by Crippen LogP contribution is -2.35. The average molecular weight is 522 g/mol. The Kier molecular flexibility index (Phi) is 12.5. The van der Waals surface area contributed by atoms with E-state index in [1.165, 1.54) is 0 Å². The number of carbonyl (C=O) groups is 3. The Hall–Kier alpha value is -3.15. The van der Waals surface area contributed by atoms with Gasteiger partial charge in [0, 0.05) is 49.1 Å². The third kappa shape index (κ3) is 10.3. The number of rotatable bonds is 14. The summed E-state index contributed by atoms with van der Waals surface area (Å²) >= 11 is 0. The smallest absolute Gasteiger partial charge is 0.253 e. The Morgan fingerprint density at radius 1 is 0.868 bits per heavy atom. The number of carbonyl (C=O) groups excluding carboxylic acids is 3. The second-order valence-electron chi connectivity index (χ2n) is 11.4. The van der Waals surface area contributed by atoms with Gasteiger partial charge in [-0.1, -0.05) is 77.9 Å². The van der Waals surface area contributed by atoms with Gasteiger partial charge in [-0.25, -0.2) is 0 Å². The maximum atomic E-state index is 13.1. The van der Waals surface area contributed by atoms with Crippen molar-refractivity contribution >= 4 is 17.7 Å². The Labute approximate surface area is 229 Å². The van der Waals surface area contributed by atoms with Gasteiger partial charge in [0.1, 0.15) is 0 Å². The van der Waals surface area contributed by atoms with E-state index in [-0.39, 0.29) is 35.0 Å². The van der Waals surface area contributed by atoms with Gasteiger partial charge in [0.15, 0.2) is 0 Å². The predicted molar refractivity (Wildman–Crippen MR) is 155 cm³/mol. The molecule has 208 valence electrons. The van der Waals surface area contributed by atoms with Crippen molar-refractivity contribution in [3.63, 3.8) is 0 Å². The third-order valence-electron chi connectivity index (χ3n) is 6.69. The molecule has 0 spiro atoms. The van der Waals surface area contributed by atoms with Crippen LogP contribution in [0.1, 0.15) is 99.4 Å². The molecule has 2 N–H and O–H groups in total. The Morgan fingerprint density at radius 3 is 2.11 bits per heavy atom. The zero-order valence-electron chi connectivity index (χ0n) is 24.2. The highest BCUT2D eigenvalue weighted by atomic mass is 16.2. The molecule has 0 aliphatic heterocycles. The quantitative estimate of drug-likeness (QED) is 0.318. The lowest BCUT2D eigenvalue weighted by Gasteiger charge is -2.23. The number of nitrogens with zero attached hydrogens (tertiary/aromatic N) is 1. The summed E-state index contributed by atoms with van der Waals surface area (Å²) in [5, 5.41) is 6.12. The molecule has 0 saturated heterocycles. The molecule has 0 radical (unpaired) electrons. The number of nitrogens with one attached hydrogen (secondary N) is 2. The van der Waals surface area contributed by atoms with Gasteiger partial charge in [0.2, 0.25) is 5.91 Å². The van der Waals surface area contributed by atoms with Gasteiger partial charge in [0.25, 0.3) is 11.8 Å². The van der Waals surface area contributed by atoms with E-state index in [2.05, 4.69) is 45.3 Å². The first-order chi connectivity index (χ1) is 18.1. The molecule has 2 aromatic rings. The summed E-state index contributed by atoms with van der Waals surface area (Å²) in [7, 11) is 0. The third-order valence-corrected chi connectivity index (χ3v) is 6.69. The molecular formula is C32H47N3O3. The van der Waals surface area contributed by atoms with Crippen LogP contribution in [0, 0.1) is 11.3 Å². The van der Waals surface area contributed by atoms with E-state index < -0.39 is 0 Å². The molecule has 0 heterocycles. The molecule has 0 fully saturated rings. The van der Waals surface area contributed by atoms with Gasteiger partial charge in [0.05, 0.1) is 0 Å². The molecular weight excluding hydrogens is 474 g/mol. The summed E-state index contributed by atoms with van der Waals surface area (Å²) in [6.07, 6.45) is 3.31. The van der Waals surface area contributed by atoms with Gasteiger partial charge >= 0.3 is 0 Å². The van der Waals surface area contributed by atoms with Crippen molar-refractivity contribution in [1.82, 2.24) is 15.5 Å². The number of amides is 3. The largest absolute Gasteiger partial charge is 0.356 e. The molecule has 0 aliphatic rings. The van der Waals surface area contributed by atoms with Crippen LogP contribution in [0.5, 0.6) is 0 Å². The normalized spacial score (nSPS) is 12.9. The number of hydrogen-bond acceptors (Lipinski definition) is 3. The minimum Gasteiger partial charge on any atom is -0.356 e. The van der Waals surface area contributed by atoms with Crippen LogP contribution in [0.25, 0.3) is 0 Å². The van der Waals surface area contributed by atoms with Crippen LogP contribution in [-0.2, 0) is 4.79 Å². The summed E-state index contributed by atoms with van der Waals surface area (Å²) in [5.74, 6) is -0.437. The van der Waals surface area contributed by atoms with Crippen molar-refractivity contribution in [3.05, 3.63) is 71.3 Å². The molecule has 38 heavy (non-hydrogen) atoms. The molecule has 2 atom stereocenters. The fourth-order valence-corrected chi connectivity index (χ4v) is 4.48. The first kappa shape index (κ1) is 31.1. The van der Waals surface area contributed by atoms with Crippen LogP contribution in [0.2, 0.25) is 0 Å². The van der Waals surface area contributed by atoms with E-state index in [0.29, 0.717) is 43.7 Å². The standard InChI is InChI=1S/C32H47N3O3/c1-7-19-35(20-8-2)31(38)27-16-12-15-26(22-27)30(37)34-23-28(25-13-10-9-11-14-25)21-24(3)29(36)33-18-17-32(4,5)6/h9-16,22,24,28H,7-8,17-21,23H2,1-6H3,(H,33,36)(H,34,37)/t24?,28-/m0/s1. The maximum Gasteiger partial charge on any atom is 0.253 e. The van der Waals surface area contributed by atoms with Gasteiger partial charge in [-0.3, -0.25) is 14.4 Å². The molecule has 0 saturated carbocycles. The van der Waals surface area contributed by atoms with Gasteiger partial charge in [-0.15, -0.1) is 0 Å². The Balaban J connectivity index is 2.08. The van der Waals surface area contributed by atoms with Crippen molar-refractivity contribution in [1.29, 1.82) is 0 Å². The molecule has 3 amide bonds. The summed E-state index contributed by atoms with van der Waals surface area (Å²) in [6, 6.07) is 16.9. The van der Waals surface area contributed by atoms with Gasteiger partial charge < -0.3 is 15.5 Å². The fraction of sp³-hybridized carbons (Fsp3) is 0.531. The summed E-state index contributed by atoms with van der Waals surface area (Å²) < 4.78 is 0. The number of hydrogen-bond donors (Lipinski definition) is 2. The maximum absolute atomic E-state index is 13.1. The monoisotopic (exact) mass is 521 g/mol. The van der Waals surface area contributed by atoms with Crippen molar-refractivity contribution in [2.75, 3.05) is 26.2 Å². The summed E-state index contributed by atoms with van der Waals surface area (Å²) in [6.45, 7) is 15.0. The van der Waals surface area contributed by atoms with E-state index in [1.807, 2.05) is 42.2 Å². The highest BCUT2D eigenvalue weighted by Gasteiger charge is 2.22. The van der Waals surface area contributed by atoms with Crippen LogP contribution in [0.4, 0.5) is 0 Å². The van der Waals surface area contributed by atoms with Crippen LogP contribution in [-0.4, -0.2) is 48.8 Å². The molecule has 2 rings (SSSR count). The average Bonchev–Trinajstić information content (AvgIpc) is 2.90. The van der Waals surface area contributed by atoms with Crippen LogP contribution in [0.3, 0.4) is 0 Å². The van der Waals surface area contributed by atoms with Crippen LogP contribution >= 0.6 is 0 Å². The highest BCUT2D eigenvalue weighted by molar-refractivity contribution is 5.99. The van der Waals surface area contributed by atoms with E-state index in [9.17, 15) is 14.4 Å². The second kappa shape index (κ2) is 15.3. The van der Waals surface area contributed by atoms with Gasteiger partial charge in [-0.2, -0.15) is 0 Å². The van der Waals surface area contributed by atoms with Crippen molar-refractivity contribution in [2.45, 2.75) is 73.1 Å². The first-order valence-electron chi connectivity index (χ1n) is 14.1. The Bertz CT molecular complexity index is 1020. The van der Waals surface area contributed by atoms with Crippen molar-refractivity contribution < 1.29 is 14.4 Å². The molecule has 2 aromatic carbocycles. The van der Waals surface area contributed by atoms with Crippen molar-refractivity contribution in [3.8, 4) is 0 Å². The van der Waals surface area contributed by atoms with Crippen LogP contribution < -0.4 is 10.6 Å². The van der Waals surface area contributed by atoms with E-state index in [4.69, 9.17) is 0 Å².